The highest BCUT2D eigenvalue weighted by Crippen LogP contribution is 2.29. The lowest BCUT2D eigenvalue weighted by atomic mass is 10.2. The minimum Gasteiger partial charge on any atom is -0.376 e. The van der Waals surface area contributed by atoms with Crippen molar-refractivity contribution in [2.45, 2.75) is 44.0 Å². The van der Waals surface area contributed by atoms with Crippen LogP contribution in [0, 0.1) is 0 Å². The Balaban J connectivity index is 1.88. The molecule has 1 aliphatic rings. The number of thiophene rings is 1. The summed E-state index contributed by atoms with van der Waals surface area (Å²) in [6.45, 7) is 3.66. The minimum atomic E-state index is -0.355. The Kier molecular flexibility index (Phi) is 5.34. The molecule has 1 aliphatic heterocycles. The third-order valence-electron chi connectivity index (χ3n) is 3.73. The summed E-state index contributed by atoms with van der Waals surface area (Å²) in [5.41, 5.74) is 6.33. The molecule has 3 rings (SSSR count). The first-order valence-corrected chi connectivity index (χ1v) is 9.57. The molecule has 1 atom stereocenters. The molecule has 1 fully saturated rings. The average Bonchev–Trinajstić information content (AvgIpc) is 3.26. The lowest BCUT2D eigenvalue weighted by Gasteiger charge is -2.14. The molecule has 2 aromatic heterocycles. The summed E-state index contributed by atoms with van der Waals surface area (Å²) in [5.74, 6) is 0.684. The number of rotatable bonds is 7. The molecule has 23 heavy (non-hydrogen) atoms. The number of hydrogen-bond donors (Lipinski definition) is 1. The van der Waals surface area contributed by atoms with E-state index in [4.69, 9.17) is 10.5 Å². The van der Waals surface area contributed by atoms with Crippen LogP contribution in [0.5, 0.6) is 0 Å². The second kappa shape index (κ2) is 7.46. The third kappa shape index (κ3) is 3.94. The van der Waals surface area contributed by atoms with E-state index in [1.807, 2.05) is 0 Å². The number of thioether (sulfide) groups is 1. The fourth-order valence-electron chi connectivity index (χ4n) is 2.58. The van der Waals surface area contributed by atoms with Gasteiger partial charge in [-0.1, -0.05) is 18.7 Å². The Hall–Kier alpha value is -1.38. The lowest BCUT2D eigenvalue weighted by molar-refractivity contribution is -0.115. The summed E-state index contributed by atoms with van der Waals surface area (Å²) in [7, 11) is 0. The molecule has 8 heteroatoms. The molecular formula is C15H20N4O2S2. The molecular weight excluding hydrogens is 332 g/mol. The highest BCUT2D eigenvalue weighted by atomic mass is 32.2. The Morgan fingerprint density at radius 1 is 1.57 bits per heavy atom. The molecule has 1 saturated heterocycles. The summed E-state index contributed by atoms with van der Waals surface area (Å²) >= 11 is 3.06. The van der Waals surface area contributed by atoms with Gasteiger partial charge >= 0.3 is 0 Å². The Labute approximate surface area is 143 Å². The standard InChI is InChI=1S/C15H20N4O2S2/c1-2-12-6-10(8-22-12)14-17-18-15(23-9-13(16)20)19(14)7-11-4-3-5-21-11/h6,8,11H,2-5,7,9H2,1H3,(H2,16,20). The van der Waals surface area contributed by atoms with Crippen LogP contribution in [0.4, 0.5) is 0 Å². The van der Waals surface area contributed by atoms with E-state index in [0.717, 1.165) is 42.4 Å². The number of nitrogens with zero attached hydrogens (tertiary/aromatic N) is 3. The van der Waals surface area contributed by atoms with Crippen LogP contribution >= 0.6 is 23.1 Å². The summed E-state index contributed by atoms with van der Waals surface area (Å²) < 4.78 is 7.81. The smallest absolute Gasteiger partial charge is 0.227 e. The molecule has 0 spiro atoms. The largest absolute Gasteiger partial charge is 0.376 e. The first kappa shape index (κ1) is 16.5. The second-order valence-electron chi connectivity index (χ2n) is 5.46. The molecule has 124 valence electrons. The van der Waals surface area contributed by atoms with Gasteiger partial charge in [0.05, 0.1) is 18.4 Å². The molecule has 2 N–H and O–H groups in total. The van der Waals surface area contributed by atoms with Crippen LogP contribution < -0.4 is 5.73 Å². The van der Waals surface area contributed by atoms with Crippen LogP contribution in [-0.2, 0) is 22.5 Å². The average molecular weight is 352 g/mol. The van der Waals surface area contributed by atoms with Gasteiger partial charge in [0.1, 0.15) is 0 Å². The first-order valence-electron chi connectivity index (χ1n) is 7.71. The predicted octanol–water partition coefficient (Wildman–Crippen LogP) is 2.33. The molecule has 1 amide bonds. The maximum Gasteiger partial charge on any atom is 0.227 e. The van der Waals surface area contributed by atoms with E-state index in [-0.39, 0.29) is 17.8 Å². The molecule has 2 aromatic rings. The molecule has 6 nitrogen and oxygen atoms in total. The van der Waals surface area contributed by atoms with Gasteiger partial charge in [0, 0.05) is 22.4 Å². The summed E-state index contributed by atoms with van der Waals surface area (Å²) in [6.07, 6.45) is 3.32. The fraction of sp³-hybridized carbons (Fsp3) is 0.533. The molecule has 0 radical (unpaired) electrons. The zero-order valence-electron chi connectivity index (χ0n) is 13.0. The Morgan fingerprint density at radius 3 is 3.09 bits per heavy atom. The quantitative estimate of drug-likeness (QED) is 0.773. The third-order valence-corrected chi connectivity index (χ3v) is 5.80. The van der Waals surface area contributed by atoms with Crippen molar-refractivity contribution >= 4 is 29.0 Å². The number of carbonyl (C=O) groups is 1. The van der Waals surface area contributed by atoms with Crippen LogP contribution in [0.25, 0.3) is 11.4 Å². The van der Waals surface area contributed by atoms with Gasteiger partial charge in [0.25, 0.3) is 0 Å². The number of primary amides is 1. The van der Waals surface area contributed by atoms with Gasteiger partial charge in [0.15, 0.2) is 11.0 Å². The van der Waals surface area contributed by atoms with Crippen molar-refractivity contribution in [2.24, 2.45) is 5.73 Å². The second-order valence-corrected chi connectivity index (χ2v) is 7.40. The zero-order chi connectivity index (χ0) is 16.2. The molecule has 1 unspecified atom stereocenters. The van der Waals surface area contributed by atoms with Crippen molar-refractivity contribution < 1.29 is 9.53 Å². The van der Waals surface area contributed by atoms with E-state index in [0.29, 0.717) is 6.54 Å². The number of amides is 1. The van der Waals surface area contributed by atoms with Gasteiger partial charge in [-0.2, -0.15) is 0 Å². The van der Waals surface area contributed by atoms with Crippen molar-refractivity contribution in [2.75, 3.05) is 12.4 Å². The van der Waals surface area contributed by atoms with E-state index in [2.05, 4.69) is 33.1 Å². The highest BCUT2D eigenvalue weighted by Gasteiger charge is 2.22. The molecule has 0 saturated carbocycles. The highest BCUT2D eigenvalue weighted by molar-refractivity contribution is 7.99. The molecule has 0 aromatic carbocycles. The fourth-order valence-corrected chi connectivity index (χ4v) is 4.08. The van der Waals surface area contributed by atoms with Crippen LogP contribution in [0.15, 0.2) is 16.6 Å². The van der Waals surface area contributed by atoms with E-state index in [1.54, 1.807) is 11.3 Å². The number of nitrogens with two attached hydrogens (primary N) is 1. The Morgan fingerprint density at radius 2 is 2.43 bits per heavy atom. The van der Waals surface area contributed by atoms with Crippen molar-refractivity contribution in [3.8, 4) is 11.4 Å². The number of hydrogen-bond acceptors (Lipinski definition) is 6. The van der Waals surface area contributed by atoms with Crippen LogP contribution in [0.2, 0.25) is 0 Å². The summed E-state index contributed by atoms with van der Waals surface area (Å²) in [4.78, 5) is 12.4. The van der Waals surface area contributed by atoms with Crippen molar-refractivity contribution in [1.82, 2.24) is 14.8 Å². The van der Waals surface area contributed by atoms with Crippen molar-refractivity contribution in [3.05, 3.63) is 16.3 Å². The maximum atomic E-state index is 11.1. The summed E-state index contributed by atoms with van der Waals surface area (Å²) in [5, 5.41) is 11.4. The summed E-state index contributed by atoms with van der Waals surface area (Å²) in [6, 6.07) is 2.16. The lowest BCUT2D eigenvalue weighted by Crippen LogP contribution is -2.18. The number of aryl methyl sites for hydroxylation is 1. The molecule has 0 aliphatic carbocycles. The normalized spacial score (nSPS) is 17.7. The first-order chi connectivity index (χ1) is 11.2. The van der Waals surface area contributed by atoms with Gasteiger partial charge in [-0.3, -0.25) is 9.36 Å². The SMILES string of the molecule is CCc1cc(-c2nnc(SCC(N)=O)n2CC2CCCO2)cs1. The van der Waals surface area contributed by atoms with Gasteiger partial charge in [-0.25, -0.2) is 0 Å². The minimum absolute atomic E-state index is 0.182. The van der Waals surface area contributed by atoms with E-state index in [9.17, 15) is 4.79 Å². The number of carbonyl (C=O) groups excluding carboxylic acids is 1. The Bertz CT molecular complexity index is 677. The monoisotopic (exact) mass is 352 g/mol. The van der Waals surface area contributed by atoms with E-state index < -0.39 is 0 Å². The zero-order valence-corrected chi connectivity index (χ0v) is 14.7. The van der Waals surface area contributed by atoms with Crippen molar-refractivity contribution in [1.29, 1.82) is 0 Å². The van der Waals surface area contributed by atoms with Crippen LogP contribution in [0.3, 0.4) is 0 Å². The number of ether oxygens (including phenoxy) is 1. The number of aromatic nitrogens is 3. The predicted molar refractivity (Wildman–Crippen MR) is 91.6 cm³/mol. The van der Waals surface area contributed by atoms with Gasteiger partial charge in [-0.05, 0) is 25.3 Å². The van der Waals surface area contributed by atoms with Gasteiger partial charge in [-0.15, -0.1) is 21.5 Å². The molecule has 0 bridgehead atoms. The van der Waals surface area contributed by atoms with Gasteiger partial charge in [0.2, 0.25) is 5.91 Å². The van der Waals surface area contributed by atoms with Gasteiger partial charge < -0.3 is 10.5 Å². The van der Waals surface area contributed by atoms with E-state index >= 15 is 0 Å². The van der Waals surface area contributed by atoms with Crippen LogP contribution in [0.1, 0.15) is 24.6 Å². The van der Waals surface area contributed by atoms with Crippen LogP contribution in [-0.4, -0.2) is 39.1 Å². The topological polar surface area (TPSA) is 83.0 Å². The molecule has 3 heterocycles. The van der Waals surface area contributed by atoms with Crippen molar-refractivity contribution in [3.63, 3.8) is 0 Å². The van der Waals surface area contributed by atoms with E-state index in [1.165, 1.54) is 16.6 Å². The maximum absolute atomic E-state index is 11.1.